The maximum Gasteiger partial charge on any atom is 0.472 e. The Morgan fingerprint density at radius 1 is 0.508 bits per heavy atom. The minimum absolute atomic E-state index is 0.0788. The lowest BCUT2D eigenvalue weighted by molar-refractivity contribution is -0.147. The number of hydrogen-bond donors (Lipinski definition) is 3. The third-order valence-electron chi connectivity index (χ3n) is 10.7. The molecular formula is C51H94NO8P. The van der Waals surface area contributed by atoms with Gasteiger partial charge in [-0.25, -0.2) is 4.57 Å². The Balaban J connectivity index is 3.57. The molecule has 1 amide bonds. The van der Waals surface area contributed by atoms with Gasteiger partial charge in [0.05, 0.1) is 13.2 Å². The Hall–Kier alpha value is -2.03. The van der Waals surface area contributed by atoms with Gasteiger partial charge in [0.2, 0.25) is 5.91 Å². The highest BCUT2D eigenvalue weighted by atomic mass is 31.2. The van der Waals surface area contributed by atoms with E-state index in [2.05, 4.69) is 67.8 Å². The van der Waals surface area contributed by atoms with E-state index in [4.69, 9.17) is 13.8 Å². The molecule has 0 saturated carbocycles. The Bertz CT molecular complexity index is 1140. The van der Waals surface area contributed by atoms with Crippen LogP contribution in [-0.4, -0.2) is 54.3 Å². The van der Waals surface area contributed by atoms with Gasteiger partial charge in [0.25, 0.3) is 0 Å². The van der Waals surface area contributed by atoms with Crippen molar-refractivity contribution in [2.45, 2.75) is 238 Å². The highest BCUT2D eigenvalue weighted by Crippen LogP contribution is 2.42. The Morgan fingerprint density at radius 2 is 0.885 bits per heavy atom. The fraction of sp³-hybridized carbons (Fsp3) is 0.804. The molecule has 9 nitrogen and oxygen atoms in total. The van der Waals surface area contributed by atoms with Crippen molar-refractivity contribution in [2.24, 2.45) is 0 Å². The molecule has 0 rings (SSSR count). The van der Waals surface area contributed by atoms with Crippen molar-refractivity contribution in [3.63, 3.8) is 0 Å². The van der Waals surface area contributed by atoms with Gasteiger partial charge in [-0.2, -0.15) is 0 Å². The summed E-state index contributed by atoms with van der Waals surface area (Å²) in [6.45, 7) is 3.54. The normalized spacial score (nSPS) is 13.6. The van der Waals surface area contributed by atoms with E-state index >= 15 is 0 Å². The standard InChI is InChI=1S/C51H94NO8P/c1-3-5-7-9-11-13-15-17-19-21-22-23-24-25-26-28-30-32-34-36-38-40-42-44-51(55)58-47-49(53)48-60-61(56,57)59-46-45-52-50(54)43-41-39-37-35-33-31-29-27-20-18-16-14-12-10-8-6-4-2/h11,13,17-20,22-23,49,53H,3-10,12,14-16,21,24-48H2,1-2H3,(H,52,54)(H,56,57)/b13-11-,19-17-,20-18-,23-22-. The van der Waals surface area contributed by atoms with Crippen LogP contribution in [0.2, 0.25) is 0 Å². The molecule has 0 aliphatic carbocycles. The van der Waals surface area contributed by atoms with E-state index in [1.165, 1.54) is 154 Å². The van der Waals surface area contributed by atoms with Crippen molar-refractivity contribution in [3.05, 3.63) is 48.6 Å². The minimum Gasteiger partial charge on any atom is -0.463 e. The second-order valence-corrected chi connectivity index (χ2v) is 18.2. The molecule has 0 aromatic rings. The second-order valence-electron chi connectivity index (χ2n) is 16.8. The first-order chi connectivity index (χ1) is 29.8. The van der Waals surface area contributed by atoms with E-state index in [0.717, 1.165) is 51.4 Å². The molecule has 61 heavy (non-hydrogen) atoms. The van der Waals surface area contributed by atoms with Gasteiger partial charge in [-0.15, -0.1) is 0 Å². The van der Waals surface area contributed by atoms with E-state index in [9.17, 15) is 24.2 Å². The number of phosphoric acid groups is 1. The van der Waals surface area contributed by atoms with Crippen molar-refractivity contribution >= 4 is 19.7 Å². The minimum atomic E-state index is -4.42. The number of esters is 1. The number of hydrogen-bond acceptors (Lipinski definition) is 7. The number of unbranched alkanes of at least 4 members (excludes halogenated alkanes) is 26. The van der Waals surface area contributed by atoms with Gasteiger partial charge in [0, 0.05) is 19.4 Å². The summed E-state index contributed by atoms with van der Waals surface area (Å²) in [5.74, 6) is -0.521. The summed E-state index contributed by atoms with van der Waals surface area (Å²) >= 11 is 0. The molecule has 0 heterocycles. The molecule has 0 radical (unpaired) electrons. The predicted octanol–water partition coefficient (Wildman–Crippen LogP) is 14.7. The maximum atomic E-state index is 12.1. The zero-order chi connectivity index (χ0) is 44.6. The van der Waals surface area contributed by atoms with Gasteiger partial charge in [0.15, 0.2) is 0 Å². The first-order valence-corrected chi connectivity index (χ1v) is 26.6. The lowest BCUT2D eigenvalue weighted by Crippen LogP contribution is -2.27. The summed E-state index contributed by atoms with van der Waals surface area (Å²) in [5, 5.41) is 12.7. The summed E-state index contributed by atoms with van der Waals surface area (Å²) in [6, 6.07) is 0. The van der Waals surface area contributed by atoms with Crippen LogP contribution in [0.3, 0.4) is 0 Å². The van der Waals surface area contributed by atoms with E-state index < -0.39 is 26.5 Å². The fourth-order valence-corrected chi connectivity index (χ4v) is 7.67. The number of aliphatic hydroxyl groups is 1. The van der Waals surface area contributed by atoms with Crippen LogP contribution < -0.4 is 5.32 Å². The number of carbonyl (C=O) groups is 2. The molecule has 2 unspecified atom stereocenters. The molecule has 0 aromatic heterocycles. The van der Waals surface area contributed by atoms with Crippen LogP contribution in [0.4, 0.5) is 0 Å². The van der Waals surface area contributed by atoms with Crippen LogP contribution in [0.5, 0.6) is 0 Å². The molecule has 0 aliphatic rings. The number of rotatable bonds is 47. The Labute approximate surface area is 375 Å². The van der Waals surface area contributed by atoms with Crippen molar-refractivity contribution in [2.75, 3.05) is 26.4 Å². The number of phosphoric ester groups is 1. The first-order valence-electron chi connectivity index (χ1n) is 25.1. The number of nitrogens with one attached hydrogen (secondary N) is 1. The monoisotopic (exact) mass is 880 g/mol. The quantitative estimate of drug-likeness (QED) is 0.0238. The Morgan fingerprint density at radius 3 is 1.38 bits per heavy atom. The summed E-state index contributed by atoms with van der Waals surface area (Å²) in [6.07, 6.45) is 56.1. The maximum absolute atomic E-state index is 12.1. The lowest BCUT2D eigenvalue weighted by Gasteiger charge is -2.15. The number of ether oxygens (including phenoxy) is 1. The van der Waals surface area contributed by atoms with Gasteiger partial charge in [0.1, 0.15) is 12.7 Å². The van der Waals surface area contributed by atoms with Crippen LogP contribution in [0.15, 0.2) is 48.6 Å². The van der Waals surface area contributed by atoms with E-state index in [0.29, 0.717) is 6.42 Å². The van der Waals surface area contributed by atoms with E-state index in [-0.39, 0.29) is 32.1 Å². The largest absolute Gasteiger partial charge is 0.472 e. The van der Waals surface area contributed by atoms with Crippen LogP contribution in [0, 0.1) is 0 Å². The van der Waals surface area contributed by atoms with E-state index in [1.807, 2.05) is 0 Å². The molecule has 356 valence electrons. The summed E-state index contributed by atoms with van der Waals surface area (Å²) in [5.41, 5.74) is 0. The van der Waals surface area contributed by atoms with Crippen molar-refractivity contribution in [3.8, 4) is 0 Å². The molecule has 2 atom stereocenters. The number of carbonyl (C=O) groups excluding carboxylic acids is 2. The van der Waals surface area contributed by atoms with Crippen LogP contribution in [0.1, 0.15) is 232 Å². The molecule has 0 saturated heterocycles. The van der Waals surface area contributed by atoms with Crippen molar-refractivity contribution < 1.29 is 37.9 Å². The number of aliphatic hydroxyl groups excluding tert-OH is 1. The number of allylic oxidation sites excluding steroid dienone is 8. The molecule has 0 fully saturated rings. The molecule has 3 N–H and O–H groups in total. The smallest absolute Gasteiger partial charge is 0.463 e. The predicted molar refractivity (Wildman–Crippen MR) is 257 cm³/mol. The van der Waals surface area contributed by atoms with Gasteiger partial charge < -0.3 is 20.1 Å². The van der Waals surface area contributed by atoms with Gasteiger partial charge in [-0.3, -0.25) is 18.6 Å². The Kier molecular flexibility index (Phi) is 45.9. The molecule has 0 aliphatic heterocycles. The van der Waals surface area contributed by atoms with Crippen molar-refractivity contribution in [1.82, 2.24) is 5.32 Å². The van der Waals surface area contributed by atoms with Crippen LogP contribution in [-0.2, 0) is 27.9 Å². The zero-order valence-electron chi connectivity index (χ0n) is 39.4. The lowest BCUT2D eigenvalue weighted by atomic mass is 10.1. The van der Waals surface area contributed by atoms with Gasteiger partial charge >= 0.3 is 13.8 Å². The van der Waals surface area contributed by atoms with E-state index in [1.54, 1.807) is 0 Å². The molecule has 0 spiro atoms. The average molecular weight is 880 g/mol. The highest BCUT2D eigenvalue weighted by Gasteiger charge is 2.23. The van der Waals surface area contributed by atoms with Crippen LogP contribution in [0.25, 0.3) is 0 Å². The molecule has 0 bridgehead atoms. The molecular weight excluding hydrogens is 786 g/mol. The second kappa shape index (κ2) is 47.4. The summed E-state index contributed by atoms with van der Waals surface area (Å²) in [7, 11) is -4.42. The molecule has 10 heteroatoms. The highest BCUT2D eigenvalue weighted by molar-refractivity contribution is 7.47. The van der Waals surface area contributed by atoms with Gasteiger partial charge in [-0.1, -0.05) is 191 Å². The fourth-order valence-electron chi connectivity index (χ4n) is 6.91. The third-order valence-corrected chi connectivity index (χ3v) is 11.7. The third kappa shape index (κ3) is 48.9. The topological polar surface area (TPSA) is 131 Å². The summed E-state index contributed by atoms with van der Waals surface area (Å²) < 4.78 is 27.0. The number of amides is 1. The molecule has 0 aromatic carbocycles. The zero-order valence-corrected chi connectivity index (χ0v) is 40.3. The van der Waals surface area contributed by atoms with Crippen LogP contribution >= 0.6 is 7.82 Å². The van der Waals surface area contributed by atoms with Crippen molar-refractivity contribution in [1.29, 1.82) is 0 Å². The van der Waals surface area contributed by atoms with Gasteiger partial charge in [-0.05, 0) is 77.0 Å². The average Bonchev–Trinajstić information content (AvgIpc) is 3.25. The SMILES string of the molecule is CCCCC/C=C\C/C=C\C/C=C\CCCCCCCCCCCCC(=O)OCC(O)COP(=O)(O)OCCNC(=O)CCCCCCCCC/C=C\CCCCCCCC. The summed E-state index contributed by atoms with van der Waals surface area (Å²) in [4.78, 5) is 34.0. The first kappa shape index (κ1) is 59.0.